The van der Waals surface area contributed by atoms with E-state index in [1.54, 1.807) is 18.5 Å². The zero-order chi connectivity index (χ0) is 15.2. The van der Waals surface area contributed by atoms with Crippen LogP contribution in [-0.2, 0) is 0 Å². The molecular weight excluding hydrogens is 288 g/mol. The van der Waals surface area contributed by atoms with Crippen molar-refractivity contribution in [2.75, 3.05) is 0 Å². The van der Waals surface area contributed by atoms with Gasteiger partial charge >= 0.3 is 5.97 Å². The van der Waals surface area contributed by atoms with Crippen LogP contribution in [0.5, 0.6) is 0 Å². The molecule has 0 saturated carbocycles. The maximum absolute atomic E-state index is 10.9. The first-order chi connectivity index (χ1) is 10.1. The van der Waals surface area contributed by atoms with Crippen molar-refractivity contribution in [1.29, 1.82) is 0 Å². The summed E-state index contributed by atoms with van der Waals surface area (Å²) < 4.78 is 0. The minimum Gasteiger partial charge on any atom is -0.478 e. The minimum atomic E-state index is -1.00. The van der Waals surface area contributed by atoms with Crippen molar-refractivity contribution in [1.82, 2.24) is 10.4 Å². The van der Waals surface area contributed by atoms with E-state index in [4.69, 9.17) is 10.8 Å². The largest absolute Gasteiger partial charge is 0.478 e. The number of hydrazone groups is 1. The number of carboxylic acid groups (broad SMARTS) is 1. The molecule has 0 radical (unpaired) electrons. The van der Waals surface area contributed by atoms with E-state index in [9.17, 15) is 4.79 Å². The first kappa shape index (κ1) is 14.6. The molecule has 0 saturated heterocycles. The molecule has 21 heavy (non-hydrogen) atoms. The van der Waals surface area contributed by atoms with Gasteiger partial charge in [0, 0.05) is 18.0 Å². The van der Waals surface area contributed by atoms with E-state index in [1.807, 2.05) is 24.3 Å². The van der Waals surface area contributed by atoms with Gasteiger partial charge in [-0.2, -0.15) is 5.10 Å². The lowest BCUT2D eigenvalue weighted by Gasteiger charge is -2.03. The van der Waals surface area contributed by atoms with Crippen LogP contribution in [0.25, 0.3) is 11.1 Å². The van der Waals surface area contributed by atoms with E-state index in [0.29, 0.717) is 0 Å². The van der Waals surface area contributed by atoms with Gasteiger partial charge in [-0.25, -0.2) is 4.79 Å². The van der Waals surface area contributed by atoms with Gasteiger partial charge in [0.15, 0.2) is 5.11 Å². The fraction of sp³-hybridized carbons (Fsp3) is 0. The van der Waals surface area contributed by atoms with Crippen LogP contribution >= 0.6 is 12.2 Å². The maximum Gasteiger partial charge on any atom is 0.337 e. The Hall–Kier alpha value is -2.80. The third-order valence-corrected chi connectivity index (χ3v) is 2.71. The number of aromatic nitrogens is 1. The highest BCUT2D eigenvalue weighted by Gasteiger charge is 2.05. The summed E-state index contributed by atoms with van der Waals surface area (Å²) in [6, 6.07) is 8.96. The van der Waals surface area contributed by atoms with Gasteiger partial charge in [0.1, 0.15) is 0 Å². The molecule has 0 aliphatic carbocycles. The average Bonchev–Trinajstić information content (AvgIpc) is 2.48. The number of benzene rings is 1. The van der Waals surface area contributed by atoms with Crippen molar-refractivity contribution in [3.05, 3.63) is 53.9 Å². The molecule has 0 bridgehead atoms. The first-order valence-electron chi connectivity index (χ1n) is 5.93. The number of aromatic carboxylic acids is 1. The van der Waals surface area contributed by atoms with E-state index < -0.39 is 5.97 Å². The van der Waals surface area contributed by atoms with Crippen LogP contribution in [0.1, 0.15) is 15.9 Å². The number of carboxylic acids is 1. The summed E-state index contributed by atoms with van der Waals surface area (Å²) in [4.78, 5) is 14.9. The summed E-state index contributed by atoms with van der Waals surface area (Å²) in [6.45, 7) is 0. The molecule has 7 heteroatoms. The number of thiocarbonyl (C=S) groups is 1. The quantitative estimate of drug-likeness (QED) is 0.450. The number of pyridine rings is 1. The van der Waals surface area contributed by atoms with Gasteiger partial charge in [0.25, 0.3) is 0 Å². The Bertz CT molecular complexity index is 698. The molecule has 1 heterocycles. The molecule has 6 nitrogen and oxygen atoms in total. The normalized spacial score (nSPS) is 10.5. The molecule has 0 aliphatic rings. The zero-order valence-corrected chi connectivity index (χ0v) is 11.7. The van der Waals surface area contributed by atoms with Crippen molar-refractivity contribution in [3.8, 4) is 11.1 Å². The summed E-state index contributed by atoms with van der Waals surface area (Å²) >= 11 is 4.63. The van der Waals surface area contributed by atoms with Gasteiger partial charge in [-0.05, 0) is 29.4 Å². The predicted octanol–water partition coefficient (Wildman–Crippen LogP) is 1.61. The van der Waals surface area contributed by atoms with E-state index >= 15 is 0 Å². The van der Waals surface area contributed by atoms with Crippen LogP contribution in [-0.4, -0.2) is 27.4 Å². The molecule has 0 unspecified atom stereocenters. The predicted molar refractivity (Wildman–Crippen MR) is 84.1 cm³/mol. The van der Waals surface area contributed by atoms with Crippen LogP contribution in [0.15, 0.2) is 47.8 Å². The van der Waals surface area contributed by atoms with Crippen LogP contribution in [0.3, 0.4) is 0 Å². The Labute approximate surface area is 126 Å². The molecule has 1 aromatic heterocycles. The fourth-order valence-electron chi connectivity index (χ4n) is 1.65. The molecule has 0 spiro atoms. The number of hydrogen-bond donors (Lipinski definition) is 3. The van der Waals surface area contributed by atoms with Crippen molar-refractivity contribution < 1.29 is 9.90 Å². The number of hydrogen-bond acceptors (Lipinski definition) is 4. The summed E-state index contributed by atoms with van der Waals surface area (Å²) in [5.41, 5.74) is 10.3. The first-order valence-corrected chi connectivity index (χ1v) is 6.34. The van der Waals surface area contributed by atoms with Crippen molar-refractivity contribution in [2.24, 2.45) is 10.8 Å². The standard InChI is InChI=1S/C14H12N4O2S/c15-14(21)18-17-6-9-1-3-10(4-2-9)11-5-12(13(19)20)8-16-7-11/h1-8H,(H,19,20)(H3,15,18,21). The number of nitrogens with one attached hydrogen (secondary N) is 1. The van der Waals surface area contributed by atoms with Crippen molar-refractivity contribution in [3.63, 3.8) is 0 Å². The number of nitrogens with two attached hydrogens (primary N) is 1. The molecule has 2 aromatic rings. The second-order valence-corrected chi connectivity index (χ2v) is 4.56. The number of nitrogens with zero attached hydrogens (tertiary/aromatic N) is 2. The van der Waals surface area contributed by atoms with E-state index in [-0.39, 0.29) is 10.7 Å². The van der Waals surface area contributed by atoms with Crippen LogP contribution in [0.4, 0.5) is 0 Å². The lowest BCUT2D eigenvalue weighted by Crippen LogP contribution is -2.23. The second-order valence-electron chi connectivity index (χ2n) is 4.12. The fourth-order valence-corrected chi connectivity index (χ4v) is 1.70. The highest BCUT2D eigenvalue weighted by Crippen LogP contribution is 2.19. The van der Waals surface area contributed by atoms with Gasteiger partial charge in [-0.3, -0.25) is 10.4 Å². The van der Waals surface area contributed by atoms with Gasteiger partial charge in [0.05, 0.1) is 11.8 Å². The molecule has 0 fully saturated rings. The van der Waals surface area contributed by atoms with Crippen LogP contribution in [0.2, 0.25) is 0 Å². The monoisotopic (exact) mass is 300 g/mol. The topological polar surface area (TPSA) is 101 Å². The highest BCUT2D eigenvalue weighted by molar-refractivity contribution is 7.80. The molecule has 0 aliphatic heterocycles. The Morgan fingerprint density at radius 2 is 2.00 bits per heavy atom. The number of carbonyl (C=O) groups is 1. The Kier molecular flexibility index (Phi) is 4.57. The zero-order valence-electron chi connectivity index (χ0n) is 10.9. The van der Waals surface area contributed by atoms with Gasteiger partial charge < -0.3 is 10.8 Å². The molecule has 0 atom stereocenters. The molecular formula is C14H12N4O2S. The highest BCUT2D eigenvalue weighted by atomic mass is 32.1. The van der Waals surface area contributed by atoms with Crippen molar-refractivity contribution in [2.45, 2.75) is 0 Å². The van der Waals surface area contributed by atoms with Gasteiger partial charge in [0.2, 0.25) is 0 Å². The second kappa shape index (κ2) is 6.58. The Balaban J connectivity index is 2.19. The van der Waals surface area contributed by atoms with Crippen LogP contribution in [0, 0.1) is 0 Å². The molecule has 4 N–H and O–H groups in total. The van der Waals surface area contributed by atoms with E-state index in [1.165, 1.54) is 6.20 Å². The van der Waals surface area contributed by atoms with Gasteiger partial charge in [-0.1, -0.05) is 24.3 Å². The third-order valence-electron chi connectivity index (χ3n) is 2.62. The molecule has 0 amide bonds. The lowest BCUT2D eigenvalue weighted by molar-refractivity contribution is 0.0696. The Morgan fingerprint density at radius 3 is 2.62 bits per heavy atom. The molecule has 106 valence electrons. The van der Waals surface area contributed by atoms with E-state index in [0.717, 1.165) is 16.7 Å². The summed E-state index contributed by atoms with van der Waals surface area (Å²) in [5.74, 6) is -1.00. The summed E-state index contributed by atoms with van der Waals surface area (Å²) in [7, 11) is 0. The maximum atomic E-state index is 10.9. The Morgan fingerprint density at radius 1 is 1.29 bits per heavy atom. The average molecular weight is 300 g/mol. The van der Waals surface area contributed by atoms with Gasteiger partial charge in [-0.15, -0.1) is 0 Å². The molecule has 1 aromatic carbocycles. The smallest absolute Gasteiger partial charge is 0.337 e. The lowest BCUT2D eigenvalue weighted by atomic mass is 10.0. The van der Waals surface area contributed by atoms with E-state index in [2.05, 4.69) is 27.7 Å². The third kappa shape index (κ3) is 4.08. The summed E-state index contributed by atoms with van der Waals surface area (Å²) in [6.07, 6.45) is 4.51. The minimum absolute atomic E-state index is 0.0967. The SMILES string of the molecule is NC(=S)NN=Cc1ccc(-c2cncc(C(=O)O)c2)cc1. The van der Waals surface area contributed by atoms with Crippen molar-refractivity contribution >= 4 is 29.5 Å². The van der Waals surface area contributed by atoms with Crippen LogP contribution < -0.4 is 11.2 Å². The number of rotatable bonds is 4. The molecule has 2 rings (SSSR count). The summed E-state index contributed by atoms with van der Waals surface area (Å²) in [5, 5.41) is 12.9.